The molecule has 0 saturated heterocycles. The van der Waals surface area contributed by atoms with Gasteiger partial charge in [0.25, 0.3) is 0 Å². The topological polar surface area (TPSA) is 20.2 Å². The zero-order chi connectivity index (χ0) is 9.78. The number of rotatable bonds is 10. The van der Waals surface area contributed by atoms with Crippen LogP contribution in [0.3, 0.4) is 0 Å². The van der Waals surface area contributed by atoms with Crippen LogP contribution >= 0.6 is 0 Å². The van der Waals surface area contributed by atoms with E-state index in [9.17, 15) is 0 Å². The second-order valence-electron chi connectivity index (χ2n) is 3.91. The van der Waals surface area contributed by atoms with E-state index in [0.717, 1.165) is 6.42 Å². The van der Waals surface area contributed by atoms with Crippen LogP contribution in [-0.4, -0.2) is 11.7 Å². The van der Waals surface area contributed by atoms with Gasteiger partial charge in [0.2, 0.25) is 0 Å². The van der Waals surface area contributed by atoms with Gasteiger partial charge in [-0.1, -0.05) is 64.7 Å². The Bertz CT molecular complexity index is 81.7. The molecular formula is C12H27NaO. The van der Waals surface area contributed by atoms with E-state index in [1.807, 2.05) is 0 Å². The Hall–Kier alpha value is 0.960. The van der Waals surface area contributed by atoms with Crippen molar-refractivity contribution >= 4 is 0 Å². The third-order valence-corrected chi connectivity index (χ3v) is 2.51. The van der Waals surface area contributed by atoms with Gasteiger partial charge < -0.3 is 6.53 Å². The zero-order valence-electron chi connectivity index (χ0n) is 11.2. The van der Waals surface area contributed by atoms with Gasteiger partial charge in [-0.05, 0) is 6.42 Å². The molecule has 0 aromatic carbocycles. The average Bonchev–Trinajstić information content (AvgIpc) is 2.16. The quantitative estimate of drug-likeness (QED) is 0.421. The standard InChI is InChI=1S/C12H26O.Na.H/c1-2-3-4-5-6-7-8-9-10-11-12-13;;/h13H,2-12H2,1H3;;/q;+1;-1. The first kappa shape index (κ1) is 17.4. The predicted molar refractivity (Wildman–Crippen MR) is 60.0 cm³/mol. The summed E-state index contributed by atoms with van der Waals surface area (Å²) in [5.74, 6) is 0. The van der Waals surface area contributed by atoms with Crippen molar-refractivity contribution in [2.24, 2.45) is 0 Å². The fourth-order valence-corrected chi connectivity index (χ4v) is 1.60. The summed E-state index contributed by atoms with van der Waals surface area (Å²) in [5, 5.41) is 8.57. The molecule has 0 aliphatic rings. The van der Waals surface area contributed by atoms with Crippen molar-refractivity contribution in [2.45, 2.75) is 71.1 Å². The monoisotopic (exact) mass is 210 g/mol. The van der Waals surface area contributed by atoms with Gasteiger partial charge in [-0.25, -0.2) is 0 Å². The van der Waals surface area contributed by atoms with E-state index < -0.39 is 0 Å². The Morgan fingerprint density at radius 1 is 0.714 bits per heavy atom. The molecule has 0 spiro atoms. The smallest absolute Gasteiger partial charge is 1.00 e. The molecule has 14 heavy (non-hydrogen) atoms. The fraction of sp³-hybridized carbons (Fsp3) is 1.00. The van der Waals surface area contributed by atoms with Crippen molar-refractivity contribution in [3.8, 4) is 0 Å². The summed E-state index contributed by atoms with van der Waals surface area (Å²) in [6.45, 7) is 2.63. The first-order chi connectivity index (χ1) is 6.41. The van der Waals surface area contributed by atoms with Gasteiger partial charge in [0.05, 0.1) is 0 Å². The summed E-state index contributed by atoms with van der Waals surface area (Å²) in [5.41, 5.74) is 0. The normalized spacial score (nSPS) is 9.86. The van der Waals surface area contributed by atoms with Crippen LogP contribution in [-0.2, 0) is 0 Å². The number of unbranched alkanes of at least 4 members (excludes halogenated alkanes) is 9. The van der Waals surface area contributed by atoms with E-state index in [0.29, 0.717) is 6.61 Å². The number of hydrogen-bond acceptors (Lipinski definition) is 1. The largest absolute Gasteiger partial charge is 1.00 e. The van der Waals surface area contributed by atoms with Crippen molar-refractivity contribution in [1.29, 1.82) is 0 Å². The fourth-order valence-electron chi connectivity index (χ4n) is 1.60. The second kappa shape index (κ2) is 16.4. The molecule has 0 bridgehead atoms. The first-order valence-corrected chi connectivity index (χ1v) is 6.02. The maximum Gasteiger partial charge on any atom is 1.00 e. The molecule has 0 saturated carbocycles. The maximum absolute atomic E-state index is 8.57. The molecule has 0 aliphatic heterocycles. The molecular weight excluding hydrogens is 183 g/mol. The van der Waals surface area contributed by atoms with E-state index in [1.165, 1.54) is 57.8 Å². The van der Waals surface area contributed by atoms with Crippen LogP contribution in [0.5, 0.6) is 0 Å². The van der Waals surface area contributed by atoms with Gasteiger partial charge in [-0.15, -0.1) is 0 Å². The van der Waals surface area contributed by atoms with E-state index in [1.54, 1.807) is 0 Å². The van der Waals surface area contributed by atoms with Crippen molar-refractivity contribution in [3.63, 3.8) is 0 Å². The maximum atomic E-state index is 8.57. The molecule has 0 fully saturated rings. The van der Waals surface area contributed by atoms with Crippen LogP contribution in [0, 0.1) is 0 Å². The van der Waals surface area contributed by atoms with Crippen molar-refractivity contribution in [3.05, 3.63) is 0 Å². The van der Waals surface area contributed by atoms with Gasteiger partial charge in [-0.3, -0.25) is 0 Å². The van der Waals surface area contributed by atoms with E-state index in [-0.39, 0.29) is 31.0 Å². The molecule has 82 valence electrons. The predicted octanol–water partition coefficient (Wildman–Crippen LogP) is 1.02. The van der Waals surface area contributed by atoms with Gasteiger partial charge in [0, 0.05) is 6.61 Å². The minimum atomic E-state index is 0. The molecule has 0 amide bonds. The average molecular weight is 210 g/mol. The van der Waals surface area contributed by atoms with Gasteiger partial charge in [0.1, 0.15) is 0 Å². The third kappa shape index (κ3) is 15.4. The minimum Gasteiger partial charge on any atom is -1.00 e. The number of hydrogen-bond donors (Lipinski definition) is 1. The van der Waals surface area contributed by atoms with Crippen LogP contribution in [0.2, 0.25) is 0 Å². The number of aliphatic hydroxyl groups is 1. The van der Waals surface area contributed by atoms with Crippen LogP contribution < -0.4 is 29.6 Å². The Kier molecular flexibility index (Phi) is 20.3. The van der Waals surface area contributed by atoms with Crippen molar-refractivity contribution < 1.29 is 36.1 Å². The van der Waals surface area contributed by atoms with E-state index in [4.69, 9.17) is 5.11 Å². The molecule has 0 atom stereocenters. The Morgan fingerprint density at radius 2 is 1.07 bits per heavy atom. The van der Waals surface area contributed by atoms with Gasteiger partial charge in [0.15, 0.2) is 0 Å². The summed E-state index contributed by atoms with van der Waals surface area (Å²) < 4.78 is 0. The summed E-state index contributed by atoms with van der Waals surface area (Å²) in [6, 6.07) is 0. The molecule has 0 aromatic rings. The van der Waals surface area contributed by atoms with Gasteiger partial charge in [-0.2, -0.15) is 0 Å². The van der Waals surface area contributed by atoms with E-state index >= 15 is 0 Å². The van der Waals surface area contributed by atoms with E-state index in [2.05, 4.69) is 6.92 Å². The second-order valence-corrected chi connectivity index (χ2v) is 3.91. The van der Waals surface area contributed by atoms with Crippen LogP contribution in [0.1, 0.15) is 72.6 Å². The molecule has 2 heteroatoms. The van der Waals surface area contributed by atoms with Crippen LogP contribution in [0.15, 0.2) is 0 Å². The summed E-state index contributed by atoms with van der Waals surface area (Å²) in [4.78, 5) is 0. The zero-order valence-corrected chi connectivity index (χ0v) is 12.2. The minimum absolute atomic E-state index is 0. The molecule has 0 aromatic heterocycles. The molecule has 0 aliphatic carbocycles. The van der Waals surface area contributed by atoms with Crippen LogP contribution in [0.25, 0.3) is 0 Å². The SMILES string of the molecule is CCCCCCCCCCCCO.[H-].[Na+]. The molecule has 0 radical (unpaired) electrons. The molecule has 0 unspecified atom stereocenters. The number of aliphatic hydroxyl groups excluding tert-OH is 1. The molecule has 1 N–H and O–H groups in total. The molecule has 0 rings (SSSR count). The third-order valence-electron chi connectivity index (χ3n) is 2.51. The summed E-state index contributed by atoms with van der Waals surface area (Å²) in [6.07, 6.45) is 13.3. The van der Waals surface area contributed by atoms with Crippen LogP contribution in [0.4, 0.5) is 0 Å². The molecule has 0 heterocycles. The Morgan fingerprint density at radius 3 is 1.43 bits per heavy atom. The van der Waals surface area contributed by atoms with Gasteiger partial charge >= 0.3 is 29.6 Å². The summed E-state index contributed by atoms with van der Waals surface area (Å²) >= 11 is 0. The van der Waals surface area contributed by atoms with Crippen molar-refractivity contribution in [1.82, 2.24) is 0 Å². The van der Waals surface area contributed by atoms with Crippen molar-refractivity contribution in [2.75, 3.05) is 6.61 Å². The molecule has 1 nitrogen and oxygen atoms in total. The first-order valence-electron chi connectivity index (χ1n) is 6.02. The Labute approximate surface area is 113 Å². The Balaban J connectivity index is -0.000000720. The summed E-state index contributed by atoms with van der Waals surface area (Å²) in [7, 11) is 0.